The first-order chi connectivity index (χ1) is 9.58. The van der Waals surface area contributed by atoms with E-state index in [2.05, 4.69) is 10.6 Å². The second-order valence-corrected chi connectivity index (χ2v) is 4.62. The number of nitrogens with two attached hydrogens (primary N) is 1. The number of nitrogens with one attached hydrogen (secondary N) is 2. The van der Waals surface area contributed by atoms with Crippen LogP contribution in [0.15, 0.2) is 24.3 Å². The average Bonchev–Trinajstić information content (AvgIpc) is 2.41. The van der Waals surface area contributed by atoms with Crippen LogP contribution in [0.1, 0.15) is 0 Å². The number of hydrogen-bond donors (Lipinski definition) is 3. The Bertz CT molecular complexity index is 509. The summed E-state index contributed by atoms with van der Waals surface area (Å²) < 4.78 is 13.4. The molecule has 1 saturated heterocycles. The van der Waals surface area contributed by atoms with Crippen molar-refractivity contribution in [1.29, 1.82) is 0 Å². The molecular formula is C13H17FN4O2. The summed E-state index contributed by atoms with van der Waals surface area (Å²) >= 11 is 0. The molecular weight excluding hydrogens is 263 g/mol. The number of halogens is 1. The molecule has 0 bridgehead atoms. The lowest BCUT2D eigenvalue weighted by Crippen LogP contribution is -2.58. The van der Waals surface area contributed by atoms with Crippen LogP contribution in [0.3, 0.4) is 0 Å². The number of nitrogens with zero attached hydrogens (tertiary/aromatic N) is 1. The summed E-state index contributed by atoms with van der Waals surface area (Å²) in [5.41, 5.74) is 5.43. The number of carbonyl (C=O) groups is 2. The molecule has 2 amide bonds. The van der Waals surface area contributed by atoms with Crippen molar-refractivity contribution in [3.05, 3.63) is 30.1 Å². The monoisotopic (exact) mass is 280 g/mol. The van der Waals surface area contributed by atoms with Gasteiger partial charge in [-0.15, -0.1) is 0 Å². The van der Waals surface area contributed by atoms with E-state index in [-0.39, 0.29) is 18.1 Å². The first-order valence-corrected chi connectivity index (χ1v) is 6.36. The Balaban J connectivity index is 1.96. The molecule has 7 heteroatoms. The van der Waals surface area contributed by atoms with Crippen LogP contribution >= 0.6 is 0 Å². The predicted octanol–water partition coefficient (Wildman–Crippen LogP) is -0.477. The van der Waals surface area contributed by atoms with Gasteiger partial charge in [0.2, 0.25) is 11.8 Å². The Morgan fingerprint density at radius 2 is 2.20 bits per heavy atom. The van der Waals surface area contributed by atoms with Gasteiger partial charge in [-0.1, -0.05) is 12.1 Å². The average molecular weight is 280 g/mol. The summed E-state index contributed by atoms with van der Waals surface area (Å²) in [6, 6.07) is 5.42. The third kappa shape index (κ3) is 3.52. The van der Waals surface area contributed by atoms with Gasteiger partial charge in [-0.25, -0.2) is 4.39 Å². The zero-order valence-electron chi connectivity index (χ0n) is 10.9. The molecule has 0 radical (unpaired) electrons. The molecule has 1 aromatic rings. The highest BCUT2D eigenvalue weighted by molar-refractivity contribution is 5.93. The van der Waals surface area contributed by atoms with E-state index >= 15 is 0 Å². The van der Waals surface area contributed by atoms with Gasteiger partial charge in [-0.2, -0.15) is 0 Å². The van der Waals surface area contributed by atoms with Gasteiger partial charge in [-0.05, 0) is 12.1 Å². The minimum absolute atomic E-state index is 0.00359. The van der Waals surface area contributed by atoms with E-state index in [4.69, 9.17) is 5.73 Å². The number of anilines is 1. The van der Waals surface area contributed by atoms with E-state index in [0.29, 0.717) is 19.6 Å². The standard InChI is InChI=1S/C13H17FN4O2/c14-9-3-1-2-4-10(9)17-12(19)8-18-6-5-16-7-11(18)13(15)20/h1-4,11,16H,5-8H2,(H2,15,20)(H,17,19). The minimum atomic E-state index is -0.518. The van der Waals surface area contributed by atoms with Crippen molar-refractivity contribution >= 4 is 17.5 Å². The summed E-state index contributed by atoms with van der Waals surface area (Å²) in [7, 11) is 0. The minimum Gasteiger partial charge on any atom is -0.368 e. The Morgan fingerprint density at radius 1 is 1.45 bits per heavy atom. The van der Waals surface area contributed by atoms with Crippen LogP contribution in [0.5, 0.6) is 0 Å². The SMILES string of the molecule is NC(=O)C1CNCCN1CC(=O)Nc1ccccc1F. The Morgan fingerprint density at radius 3 is 2.90 bits per heavy atom. The molecule has 1 fully saturated rings. The maximum absolute atomic E-state index is 13.4. The Labute approximate surface area is 116 Å². The van der Waals surface area contributed by atoms with Crippen molar-refractivity contribution in [3.63, 3.8) is 0 Å². The summed E-state index contributed by atoms with van der Waals surface area (Å²) in [5, 5.41) is 5.53. The third-order valence-corrected chi connectivity index (χ3v) is 3.18. The van der Waals surface area contributed by atoms with Gasteiger partial charge in [-0.3, -0.25) is 14.5 Å². The number of benzene rings is 1. The molecule has 108 valence electrons. The number of hydrogen-bond acceptors (Lipinski definition) is 4. The molecule has 1 atom stereocenters. The lowest BCUT2D eigenvalue weighted by atomic mass is 10.2. The molecule has 2 rings (SSSR count). The van der Waals surface area contributed by atoms with Gasteiger partial charge < -0.3 is 16.4 Å². The van der Waals surface area contributed by atoms with Crippen LogP contribution in [-0.4, -0.2) is 48.9 Å². The second-order valence-electron chi connectivity index (χ2n) is 4.62. The molecule has 4 N–H and O–H groups in total. The number of para-hydroxylation sites is 1. The number of primary amides is 1. The first kappa shape index (κ1) is 14.4. The van der Waals surface area contributed by atoms with E-state index in [9.17, 15) is 14.0 Å². The van der Waals surface area contributed by atoms with E-state index in [1.54, 1.807) is 17.0 Å². The third-order valence-electron chi connectivity index (χ3n) is 3.18. The zero-order chi connectivity index (χ0) is 14.5. The molecule has 6 nitrogen and oxygen atoms in total. The topological polar surface area (TPSA) is 87.5 Å². The lowest BCUT2D eigenvalue weighted by molar-refractivity contribution is -0.125. The maximum atomic E-state index is 13.4. The molecule has 0 aromatic heterocycles. The molecule has 1 aromatic carbocycles. The van der Waals surface area contributed by atoms with Crippen molar-refractivity contribution < 1.29 is 14.0 Å². The van der Waals surface area contributed by atoms with Crippen molar-refractivity contribution in [2.24, 2.45) is 5.73 Å². The van der Waals surface area contributed by atoms with Crippen LogP contribution < -0.4 is 16.4 Å². The molecule has 1 unspecified atom stereocenters. The molecule has 1 aliphatic rings. The number of amides is 2. The lowest BCUT2D eigenvalue weighted by Gasteiger charge is -2.33. The van der Waals surface area contributed by atoms with Gasteiger partial charge in [0.1, 0.15) is 11.9 Å². The van der Waals surface area contributed by atoms with E-state index in [1.807, 2.05) is 0 Å². The summed E-state index contributed by atoms with van der Waals surface area (Å²) in [6.07, 6.45) is 0. The van der Waals surface area contributed by atoms with Gasteiger partial charge in [0, 0.05) is 19.6 Å². The van der Waals surface area contributed by atoms with Gasteiger partial charge >= 0.3 is 0 Å². The first-order valence-electron chi connectivity index (χ1n) is 6.36. The fourth-order valence-corrected chi connectivity index (χ4v) is 2.15. The highest BCUT2D eigenvalue weighted by Crippen LogP contribution is 2.12. The zero-order valence-corrected chi connectivity index (χ0v) is 10.9. The number of piperazine rings is 1. The highest BCUT2D eigenvalue weighted by Gasteiger charge is 2.28. The van der Waals surface area contributed by atoms with Crippen molar-refractivity contribution in [1.82, 2.24) is 10.2 Å². The largest absolute Gasteiger partial charge is 0.368 e. The molecule has 0 saturated carbocycles. The molecule has 20 heavy (non-hydrogen) atoms. The fourth-order valence-electron chi connectivity index (χ4n) is 2.15. The van der Waals surface area contributed by atoms with Crippen molar-refractivity contribution in [2.45, 2.75) is 6.04 Å². The highest BCUT2D eigenvalue weighted by atomic mass is 19.1. The smallest absolute Gasteiger partial charge is 0.238 e. The fraction of sp³-hybridized carbons (Fsp3) is 0.385. The predicted molar refractivity (Wildman–Crippen MR) is 72.5 cm³/mol. The molecule has 1 aliphatic heterocycles. The number of carbonyl (C=O) groups excluding carboxylic acids is 2. The van der Waals surface area contributed by atoms with Crippen LogP contribution in [0.4, 0.5) is 10.1 Å². The summed E-state index contributed by atoms with van der Waals surface area (Å²) in [6.45, 7) is 1.64. The van der Waals surface area contributed by atoms with Gasteiger partial charge in [0.15, 0.2) is 0 Å². The van der Waals surface area contributed by atoms with Crippen molar-refractivity contribution in [2.75, 3.05) is 31.5 Å². The normalized spacial score (nSPS) is 19.6. The van der Waals surface area contributed by atoms with Gasteiger partial charge in [0.25, 0.3) is 0 Å². The van der Waals surface area contributed by atoms with E-state index in [1.165, 1.54) is 12.1 Å². The molecule has 0 aliphatic carbocycles. The number of rotatable bonds is 4. The quantitative estimate of drug-likeness (QED) is 0.695. The Kier molecular flexibility index (Phi) is 4.65. The Hall–Kier alpha value is -1.99. The van der Waals surface area contributed by atoms with Crippen LogP contribution in [0.2, 0.25) is 0 Å². The molecule has 1 heterocycles. The summed E-state index contributed by atoms with van der Waals surface area (Å²) in [5.74, 6) is -1.34. The maximum Gasteiger partial charge on any atom is 0.238 e. The van der Waals surface area contributed by atoms with Crippen molar-refractivity contribution in [3.8, 4) is 0 Å². The van der Waals surface area contributed by atoms with Crippen LogP contribution in [0, 0.1) is 5.82 Å². The van der Waals surface area contributed by atoms with Gasteiger partial charge in [0.05, 0.1) is 12.2 Å². The molecule has 0 spiro atoms. The van der Waals surface area contributed by atoms with Crippen LogP contribution in [-0.2, 0) is 9.59 Å². The van der Waals surface area contributed by atoms with Crippen LogP contribution in [0.25, 0.3) is 0 Å². The van der Waals surface area contributed by atoms with E-state index < -0.39 is 17.8 Å². The second kappa shape index (κ2) is 6.44. The summed E-state index contributed by atoms with van der Waals surface area (Å²) in [4.78, 5) is 24.9. The van der Waals surface area contributed by atoms with E-state index in [0.717, 1.165) is 0 Å².